The van der Waals surface area contributed by atoms with Crippen LogP contribution >= 0.6 is 23.7 Å². The third-order valence-corrected chi connectivity index (χ3v) is 5.88. The molecule has 4 rings (SSSR count). The largest absolute Gasteiger partial charge is 0.480 e. The molecule has 2 saturated heterocycles. The van der Waals surface area contributed by atoms with Gasteiger partial charge in [0.25, 0.3) is 5.91 Å². The zero-order valence-corrected chi connectivity index (χ0v) is 16.5. The molecule has 0 radical (unpaired) electrons. The normalized spacial score (nSPS) is 24.5. The maximum Gasteiger partial charge on any atom is 0.417 e. The Morgan fingerprint density at radius 2 is 2.04 bits per heavy atom. The van der Waals surface area contributed by atoms with Gasteiger partial charge >= 0.3 is 6.18 Å². The fourth-order valence-electron chi connectivity index (χ4n) is 3.63. The number of carbonyl (C=O) groups is 1. The summed E-state index contributed by atoms with van der Waals surface area (Å²) in [5.74, 6) is -0.513. The first-order valence-electron chi connectivity index (χ1n) is 8.58. The van der Waals surface area contributed by atoms with Gasteiger partial charge < -0.3 is 20.1 Å². The summed E-state index contributed by atoms with van der Waals surface area (Å²) in [5.41, 5.74) is -0.738. The van der Waals surface area contributed by atoms with Gasteiger partial charge in [0.15, 0.2) is 5.06 Å². The highest BCUT2D eigenvalue weighted by Crippen LogP contribution is 2.44. The third kappa shape index (κ3) is 3.91. The molecule has 0 spiro atoms. The molecule has 0 aromatic carbocycles. The molecule has 2 aromatic heterocycles. The predicted molar refractivity (Wildman–Crippen MR) is 100 cm³/mol. The van der Waals surface area contributed by atoms with E-state index >= 15 is 0 Å². The van der Waals surface area contributed by atoms with Crippen LogP contribution in [-0.4, -0.2) is 49.3 Å². The Morgan fingerprint density at radius 1 is 1.36 bits per heavy atom. The molecule has 2 fully saturated rings. The zero-order chi connectivity index (χ0) is 19.2. The molecule has 2 unspecified atom stereocenters. The molecule has 1 amide bonds. The van der Waals surface area contributed by atoms with Crippen molar-refractivity contribution in [2.45, 2.75) is 37.2 Å². The van der Waals surface area contributed by atoms with Gasteiger partial charge in [-0.1, -0.05) is 11.3 Å². The Kier molecular flexibility index (Phi) is 6.04. The molecule has 11 heteroatoms. The van der Waals surface area contributed by atoms with Crippen molar-refractivity contribution < 1.29 is 27.4 Å². The van der Waals surface area contributed by atoms with E-state index in [1.54, 1.807) is 0 Å². The molecular formula is C17H19ClF3N3O3S. The van der Waals surface area contributed by atoms with Gasteiger partial charge in [0.1, 0.15) is 11.7 Å². The van der Waals surface area contributed by atoms with E-state index < -0.39 is 17.6 Å². The fraction of sp³-hybridized carbons (Fsp3) is 0.529. The number of alkyl halides is 3. The SMILES string of the molecule is CNC(=O)c1c(OC2CC3COCC(C2)N3)sc2c(C(F)(F)F)ccnc12.Cl. The first-order chi connectivity index (χ1) is 12.9. The zero-order valence-electron chi connectivity index (χ0n) is 14.8. The first-order valence-corrected chi connectivity index (χ1v) is 9.39. The van der Waals surface area contributed by atoms with E-state index in [-0.39, 0.29) is 51.4 Å². The molecular weight excluding hydrogens is 419 g/mol. The van der Waals surface area contributed by atoms with Crippen molar-refractivity contribution in [1.29, 1.82) is 0 Å². The molecule has 28 heavy (non-hydrogen) atoms. The summed E-state index contributed by atoms with van der Waals surface area (Å²) in [5, 5.41) is 6.08. The topological polar surface area (TPSA) is 72.5 Å². The van der Waals surface area contributed by atoms with Crippen LogP contribution in [0.2, 0.25) is 0 Å². The lowest BCUT2D eigenvalue weighted by molar-refractivity contribution is -0.136. The summed E-state index contributed by atoms with van der Waals surface area (Å²) in [6.45, 7) is 1.15. The number of nitrogens with zero attached hydrogens (tertiary/aromatic N) is 1. The molecule has 4 heterocycles. The summed E-state index contributed by atoms with van der Waals surface area (Å²) >= 11 is 0.826. The molecule has 0 aliphatic carbocycles. The molecule has 2 N–H and O–H groups in total. The van der Waals surface area contributed by atoms with E-state index in [1.807, 2.05) is 0 Å². The molecule has 6 nitrogen and oxygen atoms in total. The lowest BCUT2D eigenvalue weighted by Gasteiger charge is -2.39. The number of aromatic nitrogens is 1. The number of morpholine rings is 1. The summed E-state index contributed by atoms with van der Waals surface area (Å²) in [7, 11) is 1.43. The van der Waals surface area contributed by atoms with Crippen LogP contribution in [0.15, 0.2) is 12.3 Å². The number of rotatable bonds is 3. The monoisotopic (exact) mass is 437 g/mol. The highest BCUT2D eigenvalue weighted by Gasteiger charge is 2.37. The average Bonchev–Trinajstić information content (AvgIpc) is 2.97. The van der Waals surface area contributed by atoms with Gasteiger partial charge in [-0.15, -0.1) is 12.4 Å². The van der Waals surface area contributed by atoms with E-state index in [4.69, 9.17) is 9.47 Å². The van der Waals surface area contributed by atoms with Crippen molar-refractivity contribution in [1.82, 2.24) is 15.6 Å². The Bertz CT molecular complexity index is 864. The quantitative estimate of drug-likeness (QED) is 0.772. The Morgan fingerprint density at radius 3 is 2.64 bits per heavy atom. The Hall–Kier alpha value is -1.62. The van der Waals surface area contributed by atoms with Crippen LogP contribution in [0.4, 0.5) is 13.2 Å². The number of nitrogens with one attached hydrogen (secondary N) is 2. The van der Waals surface area contributed by atoms with E-state index in [2.05, 4.69) is 15.6 Å². The highest BCUT2D eigenvalue weighted by atomic mass is 35.5. The molecule has 2 aromatic rings. The first kappa shape index (κ1) is 21.1. The highest BCUT2D eigenvalue weighted by molar-refractivity contribution is 7.21. The summed E-state index contributed by atoms with van der Waals surface area (Å²) < 4.78 is 51.6. The summed E-state index contributed by atoms with van der Waals surface area (Å²) in [6, 6.07) is 1.20. The Balaban J connectivity index is 0.00000225. The summed E-state index contributed by atoms with van der Waals surface area (Å²) in [6.07, 6.45) is -2.34. The van der Waals surface area contributed by atoms with Crippen LogP contribution in [0, 0.1) is 0 Å². The van der Waals surface area contributed by atoms with Crippen LogP contribution < -0.4 is 15.4 Å². The molecule has 2 atom stereocenters. The lowest BCUT2D eigenvalue weighted by atomic mass is 9.95. The number of halogens is 4. The van der Waals surface area contributed by atoms with E-state index in [0.29, 0.717) is 26.1 Å². The number of fused-ring (bicyclic) bond motifs is 3. The standard InChI is InChI=1S/C17H18F3N3O3S.ClH/c1-21-15(24)12-13-14(11(2-3-22-13)17(18,19)20)27-16(12)26-10-4-8-6-25-7-9(5-10)23-8;/h2-3,8-10,23H,4-7H2,1H3,(H,21,24);1H. The fourth-order valence-corrected chi connectivity index (χ4v) is 4.84. The number of thiophene rings is 1. The van der Waals surface area contributed by atoms with Gasteiger partial charge in [0, 0.05) is 38.2 Å². The second kappa shape index (κ2) is 8.02. The smallest absolute Gasteiger partial charge is 0.417 e. The van der Waals surface area contributed by atoms with E-state index in [9.17, 15) is 18.0 Å². The second-order valence-corrected chi connectivity index (χ2v) is 7.67. The minimum absolute atomic E-state index is 0. The van der Waals surface area contributed by atoms with Crippen LogP contribution in [0.1, 0.15) is 28.8 Å². The molecule has 2 bridgehead atoms. The van der Waals surface area contributed by atoms with Gasteiger partial charge in [-0.2, -0.15) is 13.2 Å². The van der Waals surface area contributed by atoms with Crippen LogP contribution in [0.25, 0.3) is 10.2 Å². The van der Waals surface area contributed by atoms with Crippen molar-refractivity contribution in [3.63, 3.8) is 0 Å². The van der Waals surface area contributed by atoms with Gasteiger partial charge in [-0.25, -0.2) is 0 Å². The van der Waals surface area contributed by atoms with Crippen molar-refractivity contribution in [3.05, 3.63) is 23.4 Å². The number of pyridine rings is 1. The van der Waals surface area contributed by atoms with Gasteiger partial charge in [-0.05, 0) is 6.07 Å². The number of ether oxygens (including phenoxy) is 2. The number of carbonyl (C=O) groups excluding carboxylic acids is 1. The van der Waals surface area contributed by atoms with Gasteiger partial charge in [0.05, 0.1) is 29.0 Å². The third-order valence-electron chi connectivity index (χ3n) is 4.78. The second-order valence-electron chi connectivity index (χ2n) is 6.69. The maximum atomic E-state index is 13.4. The number of hydrogen-bond donors (Lipinski definition) is 2. The molecule has 0 saturated carbocycles. The number of piperidine rings is 1. The summed E-state index contributed by atoms with van der Waals surface area (Å²) in [4.78, 5) is 16.4. The predicted octanol–water partition coefficient (Wildman–Crippen LogP) is 2.99. The van der Waals surface area contributed by atoms with Crippen molar-refractivity contribution in [3.8, 4) is 5.06 Å². The van der Waals surface area contributed by atoms with Crippen LogP contribution in [-0.2, 0) is 10.9 Å². The van der Waals surface area contributed by atoms with E-state index in [0.717, 1.165) is 23.6 Å². The minimum atomic E-state index is -4.54. The van der Waals surface area contributed by atoms with E-state index in [1.165, 1.54) is 7.05 Å². The van der Waals surface area contributed by atoms with Gasteiger partial charge in [0.2, 0.25) is 0 Å². The van der Waals surface area contributed by atoms with Crippen LogP contribution in [0.3, 0.4) is 0 Å². The lowest BCUT2D eigenvalue weighted by Crippen LogP contribution is -2.56. The Labute approximate surface area is 169 Å². The average molecular weight is 438 g/mol. The van der Waals surface area contributed by atoms with Crippen molar-refractivity contribution in [2.24, 2.45) is 0 Å². The van der Waals surface area contributed by atoms with Crippen molar-refractivity contribution >= 4 is 39.9 Å². The van der Waals surface area contributed by atoms with Crippen LogP contribution in [0.5, 0.6) is 5.06 Å². The molecule has 2 aliphatic heterocycles. The number of amides is 1. The van der Waals surface area contributed by atoms with Crippen molar-refractivity contribution in [2.75, 3.05) is 20.3 Å². The number of hydrogen-bond acceptors (Lipinski definition) is 6. The molecule has 154 valence electrons. The minimum Gasteiger partial charge on any atom is -0.480 e. The maximum absolute atomic E-state index is 13.4. The van der Waals surface area contributed by atoms with Gasteiger partial charge in [-0.3, -0.25) is 9.78 Å². The molecule has 2 aliphatic rings.